The molecule has 10 heteroatoms. The van der Waals surface area contributed by atoms with Crippen molar-refractivity contribution in [3.8, 4) is 5.69 Å². The number of tetrazole rings is 1. The summed E-state index contributed by atoms with van der Waals surface area (Å²) in [6.45, 7) is 2.53. The van der Waals surface area contributed by atoms with E-state index in [0.29, 0.717) is 30.2 Å². The number of aromatic nitrogens is 6. The molecule has 0 fully saturated rings. The van der Waals surface area contributed by atoms with Crippen molar-refractivity contribution >= 4 is 17.8 Å². The summed E-state index contributed by atoms with van der Waals surface area (Å²) < 4.78 is 8.19. The first-order chi connectivity index (χ1) is 17.0. The molecule has 2 aromatic carbocycles. The molecule has 0 aliphatic carbocycles. The van der Waals surface area contributed by atoms with E-state index in [4.69, 9.17) is 4.74 Å². The molecular weight excluding hydrogens is 446 g/mol. The lowest BCUT2D eigenvalue weighted by Gasteiger charge is -2.18. The highest BCUT2D eigenvalue weighted by Crippen LogP contribution is 2.21. The van der Waals surface area contributed by atoms with Gasteiger partial charge in [-0.05, 0) is 46.7 Å². The largest absolute Gasteiger partial charge is 0.465 e. The molecule has 2 aromatic heterocycles. The van der Waals surface area contributed by atoms with Crippen LogP contribution in [0.25, 0.3) is 5.69 Å². The van der Waals surface area contributed by atoms with E-state index in [1.807, 2.05) is 34.9 Å². The number of aryl methyl sites for hydroxylation is 1. The maximum atomic E-state index is 13.6. The van der Waals surface area contributed by atoms with Gasteiger partial charge in [-0.15, -0.1) is 0 Å². The molecule has 0 radical (unpaired) electrons. The van der Waals surface area contributed by atoms with Crippen LogP contribution in [0.2, 0.25) is 0 Å². The molecular formula is C25H27N7O3. The lowest BCUT2D eigenvalue weighted by atomic mass is 10.2. The van der Waals surface area contributed by atoms with E-state index in [1.54, 1.807) is 42.2 Å². The average molecular weight is 474 g/mol. The van der Waals surface area contributed by atoms with Crippen LogP contribution in [0, 0.1) is 0 Å². The van der Waals surface area contributed by atoms with Crippen LogP contribution in [0.4, 0.5) is 5.95 Å². The Bertz CT molecular complexity index is 1300. The second-order valence-corrected chi connectivity index (χ2v) is 8.02. The van der Waals surface area contributed by atoms with Gasteiger partial charge in [-0.3, -0.25) is 14.3 Å². The summed E-state index contributed by atoms with van der Waals surface area (Å²) in [4.78, 5) is 31.5. The lowest BCUT2D eigenvalue weighted by molar-refractivity contribution is 0.0600. The van der Waals surface area contributed by atoms with Crippen LogP contribution in [-0.4, -0.2) is 55.8 Å². The monoisotopic (exact) mass is 473 g/mol. The molecule has 0 saturated carbocycles. The Hall–Kier alpha value is -4.34. The first-order valence-electron chi connectivity index (χ1n) is 11.4. The van der Waals surface area contributed by atoms with Crippen molar-refractivity contribution in [1.82, 2.24) is 29.8 Å². The molecule has 180 valence electrons. The van der Waals surface area contributed by atoms with Gasteiger partial charge in [0.2, 0.25) is 0 Å². The highest BCUT2D eigenvalue weighted by atomic mass is 16.5. The van der Waals surface area contributed by atoms with Gasteiger partial charge in [0, 0.05) is 19.2 Å². The zero-order valence-corrected chi connectivity index (χ0v) is 20.0. The second-order valence-electron chi connectivity index (χ2n) is 8.02. The number of benzene rings is 2. The number of nitrogens with zero attached hydrogens (tertiary/aromatic N) is 7. The number of unbranched alkanes of at least 4 members (excludes halogenated alkanes) is 1. The number of anilines is 1. The third-order valence-electron chi connectivity index (χ3n) is 5.65. The van der Waals surface area contributed by atoms with Crippen LogP contribution in [0.5, 0.6) is 0 Å². The van der Waals surface area contributed by atoms with Crippen molar-refractivity contribution in [2.45, 2.75) is 32.7 Å². The first-order valence-corrected chi connectivity index (χ1v) is 11.4. The van der Waals surface area contributed by atoms with E-state index in [-0.39, 0.29) is 5.91 Å². The summed E-state index contributed by atoms with van der Waals surface area (Å²) >= 11 is 0. The fourth-order valence-electron chi connectivity index (χ4n) is 3.77. The molecule has 0 unspecified atom stereocenters. The average Bonchev–Trinajstić information content (AvgIpc) is 3.54. The quantitative estimate of drug-likeness (QED) is 0.343. The van der Waals surface area contributed by atoms with Crippen LogP contribution >= 0.6 is 0 Å². The predicted octanol–water partition coefficient (Wildman–Crippen LogP) is 3.31. The molecule has 0 saturated heterocycles. The van der Waals surface area contributed by atoms with E-state index in [1.165, 1.54) is 12.0 Å². The molecule has 35 heavy (non-hydrogen) atoms. The number of rotatable bonds is 9. The van der Waals surface area contributed by atoms with Crippen LogP contribution in [0.3, 0.4) is 0 Å². The van der Waals surface area contributed by atoms with Gasteiger partial charge >= 0.3 is 5.97 Å². The number of hydrogen-bond acceptors (Lipinski definition) is 7. The number of esters is 1. The first kappa shape index (κ1) is 23.8. The Balaban J connectivity index is 1.67. The molecule has 4 rings (SSSR count). The van der Waals surface area contributed by atoms with Crippen molar-refractivity contribution in [3.05, 3.63) is 83.4 Å². The van der Waals surface area contributed by atoms with Gasteiger partial charge in [0.15, 0.2) is 0 Å². The normalized spacial score (nSPS) is 10.8. The topological polar surface area (TPSA) is 108 Å². The summed E-state index contributed by atoms with van der Waals surface area (Å²) in [6, 6.07) is 16.7. The Labute approximate surface area is 203 Å². The molecule has 0 bridgehead atoms. The molecule has 0 atom stereocenters. The van der Waals surface area contributed by atoms with E-state index in [9.17, 15) is 9.59 Å². The minimum absolute atomic E-state index is 0.304. The number of methoxy groups -OCH3 is 1. The number of ether oxygens (including phenoxy) is 1. The zero-order chi connectivity index (χ0) is 24.8. The van der Waals surface area contributed by atoms with Crippen molar-refractivity contribution < 1.29 is 14.3 Å². The summed E-state index contributed by atoms with van der Waals surface area (Å²) in [5, 5.41) is 11.9. The number of carbonyl (C=O) groups excluding carboxylic acids is 2. The van der Waals surface area contributed by atoms with Gasteiger partial charge in [0.05, 0.1) is 25.4 Å². The van der Waals surface area contributed by atoms with Crippen molar-refractivity contribution in [3.63, 3.8) is 0 Å². The third-order valence-corrected chi connectivity index (χ3v) is 5.65. The Morgan fingerprint density at radius 1 is 1.06 bits per heavy atom. The zero-order valence-electron chi connectivity index (χ0n) is 20.0. The molecule has 0 aliphatic rings. The number of imidazole rings is 1. The van der Waals surface area contributed by atoms with E-state index < -0.39 is 5.97 Å². The number of carbonyl (C=O) groups is 2. The number of hydrogen-bond donors (Lipinski definition) is 0. The van der Waals surface area contributed by atoms with Crippen LogP contribution in [0.1, 0.15) is 52.0 Å². The van der Waals surface area contributed by atoms with Crippen molar-refractivity contribution in [1.29, 1.82) is 0 Å². The van der Waals surface area contributed by atoms with Crippen molar-refractivity contribution in [2.24, 2.45) is 0 Å². The number of amides is 1. The maximum absolute atomic E-state index is 13.6. The van der Waals surface area contributed by atoms with Crippen molar-refractivity contribution in [2.75, 3.05) is 19.1 Å². The Kier molecular flexibility index (Phi) is 7.30. The minimum atomic E-state index is -0.422. The smallest absolute Gasteiger partial charge is 0.337 e. The minimum Gasteiger partial charge on any atom is -0.465 e. The second kappa shape index (κ2) is 10.7. The summed E-state index contributed by atoms with van der Waals surface area (Å²) in [6.07, 6.45) is 4.20. The summed E-state index contributed by atoms with van der Waals surface area (Å²) in [5.74, 6) is 0.358. The Morgan fingerprint density at radius 2 is 1.80 bits per heavy atom. The predicted molar refractivity (Wildman–Crippen MR) is 130 cm³/mol. The fraction of sp³-hybridized carbons (Fsp3) is 0.280. The van der Waals surface area contributed by atoms with Crippen LogP contribution in [0.15, 0.2) is 60.8 Å². The highest BCUT2D eigenvalue weighted by molar-refractivity contribution is 6.04. The summed E-state index contributed by atoms with van der Waals surface area (Å²) in [7, 11) is 2.98. The molecule has 2 heterocycles. The van der Waals surface area contributed by atoms with Gasteiger partial charge in [-0.1, -0.05) is 48.8 Å². The van der Waals surface area contributed by atoms with Gasteiger partial charge < -0.3 is 4.74 Å². The molecule has 0 N–H and O–H groups in total. The lowest BCUT2D eigenvalue weighted by Crippen LogP contribution is -2.31. The maximum Gasteiger partial charge on any atom is 0.337 e. The van der Waals surface area contributed by atoms with E-state index in [0.717, 1.165) is 29.9 Å². The van der Waals surface area contributed by atoms with E-state index >= 15 is 0 Å². The standard InChI is InChI=1S/C25H27N7O3/c1-4-5-11-22-26-16-21(32(22)20-14-12-19(13-15-20)24(34)35-3)23(33)30(2)25-27-28-29-31(25)17-18-9-7-6-8-10-18/h6-10,12-16H,4-5,11,17H2,1-3H3. The molecule has 0 spiro atoms. The fourth-order valence-corrected chi connectivity index (χ4v) is 3.77. The Morgan fingerprint density at radius 3 is 2.49 bits per heavy atom. The van der Waals surface area contributed by atoms with E-state index in [2.05, 4.69) is 27.4 Å². The van der Waals surface area contributed by atoms with Gasteiger partial charge in [-0.2, -0.15) is 0 Å². The molecule has 1 amide bonds. The third kappa shape index (κ3) is 5.11. The molecule has 10 nitrogen and oxygen atoms in total. The van der Waals surface area contributed by atoms with Crippen LogP contribution in [-0.2, 0) is 17.7 Å². The SMILES string of the molecule is CCCCc1ncc(C(=O)N(C)c2nnnn2Cc2ccccc2)n1-c1ccc(C(=O)OC)cc1. The van der Waals surface area contributed by atoms with Gasteiger partial charge in [-0.25, -0.2) is 14.5 Å². The van der Waals surface area contributed by atoms with Gasteiger partial charge in [0.25, 0.3) is 11.9 Å². The summed E-state index contributed by atoms with van der Waals surface area (Å²) in [5.41, 5.74) is 2.54. The molecule has 0 aliphatic heterocycles. The van der Waals surface area contributed by atoms with Crippen LogP contribution < -0.4 is 4.90 Å². The highest BCUT2D eigenvalue weighted by Gasteiger charge is 2.25. The molecule has 4 aromatic rings. The van der Waals surface area contributed by atoms with Gasteiger partial charge in [0.1, 0.15) is 11.5 Å².